The maximum atomic E-state index is 11.8. The molecule has 1 amide bonds. The fraction of sp³-hybridized carbons (Fsp3) is 0.385. The zero-order valence-corrected chi connectivity index (χ0v) is 10.4. The number of carbonyl (C=O) groups excluding carboxylic acids is 1. The van der Waals surface area contributed by atoms with Crippen LogP contribution in [-0.4, -0.2) is 17.4 Å². The van der Waals surface area contributed by atoms with Gasteiger partial charge in [-0.25, -0.2) is 0 Å². The molecular formula is C13H16N2OS. The summed E-state index contributed by atoms with van der Waals surface area (Å²) in [5, 5.41) is 2.87. The first-order valence-electron chi connectivity index (χ1n) is 5.79. The largest absolute Gasteiger partial charge is 0.393 e. The average molecular weight is 248 g/mol. The number of hydrogen-bond acceptors (Lipinski definition) is 2. The normalized spacial score (nSPS) is 21.9. The van der Waals surface area contributed by atoms with Gasteiger partial charge in [-0.1, -0.05) is 42.5 Å². The van der Waals surface area contributed by atoms with Crippen LogP contribution in [0.1, 0.15) is 24.3 Å². The van der Waals surface area contributed by atoms with Crippen LogP contribution in [0.15, 0.2) is 30.3 Å². The zero-order valence-electron chi connectivity index (χ0n) is 9.56. The predicted molar refractivity (Wildman–Crippen MR) is 71.7 cm³/mol. The van der Waals surface area contributed by atoms with Gasteiger partial charge in [-0.2, -0.15) is 0 Å². The first kappa shape index (κ1) is 12.0. The molecule has 1 fully saturated rings. The lowest BCUT2D eigenvalue weighted by Crippen LogP contribution is -2.28. The molecule has 0 aromatic heterocycles. The third-order valence-corrected chi connectivity index (χ3v) is 3.23. The van der Waals surface area contributed by atoms with Crippen molar-refractivity contribution in [1.82, 2.24) is 5.32 Å². The minimum Gasteiger partial charge on any atom is -0.393 e. The van der Waals surface area contributed by atoms with E-state index in [0.29, 0.717) is 23.9 Å². The van der Waals surface area contributed by atoms with Crippen molar-refractivity contribution in [2.24, 2.45) is 11.7 Å². The van der Waals surface area contributed by atoms with E-state index in [0.717, 1.165) is 6.42 Å². The van der Waals surface area contributed by atoms with Gasteiger partial charge in [0.15, 0.2) is 0 Å². The Balaban J connectivity index is 1.79. The summed E-state index contributed by atoms with van der Waals surface area (Å²) in [5.74, 6) is 0.639. The molecule has 1 aromatic rings. The highest BCUT2D eigenvalue weighted by Crippen LogP contribution is 2.47. The van der Waals surface area contributed by atoms with Crippen LogP contribution in [0, 0.1) is 5.92 Å². The van der Waals surface area contributed by atoms with Gasteiger partial charge >= 0.3 is 0 Å². The molecule has 0 heterocycles. The maximum absolute atomic E-state index is 11.8. The fourth-order valence-corrected chi connectivity index (χ4v) is 2.10. The van der Waals surface area contributed by atoms with Gasteiger partial charge in [0.2, 0.25) is 5.91 Å². The van der Waals surface area contributed by atoms with E-state index in [4.69, 9.17) is 18.0 Å². The smallest absolute Gasteiger partial charge is 0.223 e. The lowest BCUT2D eigenvalue weighted by Gasteiger charge is -2.04. The van der Waals surface area contributed by atoms with Crippen molar-refractivity contribution in [2.75, 3.05) is 6.54 Å². The molecule has 2 unspecified atom stereocenters. The Hall–Kier alpha value is -1.42. The molecule has 0 spiro atoms. The zero-order chi connectivity index (χ0) is 12.3. The lowest BCUT2D eigenvalue weighted by molar-refractivity contribution is -0.122. The van der Waals surface area contributed by atoms with Gasteiger partial charge in [-0.3, -0.25) is 4.79 Å². The van der Waals surface area contributed by atoms with E-state index in [-0.39, 0.29) is 11.8 Å². The number of rotatable bonds is 5. The summed E-state index contributed by atoms with van der Waals surface area (Å²) in [6.07, 6.45) is 1.52. The van der Waals surface area contributed by atoms with E-state index in [1.54, 1.807) is 0 Å². The van der Waals surface area contributed by atoms with Crippen LogP contribution >= 0.6 is 12.2 Å². The van der Waals surface area contributed by atoms with Gasteiger partial charge in [0.25, 0.3) is 0 Å². The molecule has 4 heteroatoms. The Kier molecular flexibility index (Phi) is 3.74. The first-order valence-corrected chi connectivity index (χ1v) is 6.20. The van der Waals surface area contributed by atoms with E-state index in [9.17, 15) is 4.79 Å². The van der Waals surface area contributed by atoms with Crippen molar-refractivity contribution in [3.63, 3.8) is 0 Å². The van der Waals surface area contributed by atoms with Crippen molar-refractivity contribution >= 4 is 23.1 Å². The molecule has 0 bridgehead atoms. The summed E-state index contributed by atoms with van der Waals surface area (Å²) in [6, 6.07) is 10.2. The topological polar surface area (TPSA) is 55.1 Å². The average Bonchev–Trinajstić information content (AvgIpc) is 3.09. The Morgan fingerprint density at radius 3 is 2.76 bits per heavy atom. The van der Waals surface area contributed by atoms with E-state index in [1.165, 1.54) is 5.56 Å². The van der Waals surface area contributed by atoms with E-state index >= 15 is 0 Å². The molecule has 1 aliphatic carbocycles. The second kappa shape index (κ2) is 5.27. The molecule has 90 valence electrons. The Morgan fingerprint density at radius 2 is 2.12 bits per heavy atom. The van der Waals surface area contributed by atoms with Crippen molar-refractivity contribution in [3.8, 4) is 0 Å². The van der Waals surface area contributed by atoms with Crippen LogP contribution in [0.5, 0.6) is 0 Å². The number of nitrogens with one attached hydrogen (secondary N) is 1. The van der Waals surface area contributed by atoms with Gasteiger partial charge in [-0.15, -0.1) is 0 Å². The lowest BCUT2D eigenvalue weighted by atomic mass is 10.1. The molecule has 2 rings (SSSR count). The van der Waals surface area contributed by atoms with E-state index in [2.05, 4.69) is 17.4 Å². The van der Waals surface area contributed by atoms with E-state index < -0.39 is 0 Å². The minimum atomic E-state index is 0.120. The molecule has 17 heavy (non-hydrogen) atoms. The summed E-state index contributed by atoms with van der Waals surface area (Å²) < 4.78 is 0. The summed E-state index contributed by atoms with van der Waals surface area (Å²) in [4.78, 5) is 12.2. The number of thiocarbonyl (C=S) groups is 1. The molecule has 1 aliphatic rings. The number of benzene rings is 1. The standard InChI is InChI=1S/C13H16N2OS/c14-12(17)6-7-15-13(16)11-8-10(11)9-4-2-1-3-5-9/h1-5,10-11H,6-8H2,(H2,14,17)(H,15,16). The van der Waals surface area contributed by atoms with Crippen molar-refractivity contribution in [2.45, 2.75) is 18.8 Å². The number of nitrogens with two attached hydrogens (primary N) is 1. The molecule has 2 atom stereocenters. The van der Waals surface area contributed by atoms with Gasteiger partial charge in [0, 0.05) is 18.9 Å². The molecule has 0 saturated heterocycles. The molecule has 1 saturated carbocycles. The summed E-state index contributed by atoms with van der Waals surface area (Å²) in [7, 11) is 0. The Bertz CT molecular complexity index is 419. The third kappa shape index (κ3) is 3.27. The monoisotopic (exact) mass is 248 g/mol. The third-order valence-electron chi connectivity index (χ3n) is 3.03. The highest BCUT2D eigenvalue weighted by atomic mass is 32.1. The SMILES string of the molecule is NC(=S)CCNC(=O)C1CC1c1ccccc1. The molecule has 0 aliphatic heterocycles. The second-order valence-electron chi connectivity index (χ2n) is 4.37. The van der Waals surface area contributed by atoms with Crippen molar-refractivity contribution in [1.29, 1.82) is 0 Å². The summed E-state index contributed by atoms with van der Waals surface area (Å²) in [6.45, 7) is 0.548. The van der Waals surface area contributed by atoms with E-state index in [1.807, 2.05) is 18.2 Å². The van der Waals surface area contributed by atoms with Crippen LogP contribution in [-0.2, 0) is 4.79 Å². The van der Waals surface area contributed by atoms with Crippen LogP contribution in [0.4, 0.5) is 0 Å². The summed E-state index contributed by atoms with van der Waals surface area (Å²) >= 11 is 4.76. The van der Waals surface area contributed by atoms with Crippen molar-refractivity contribution in [3.05, 3.63) is 35.9 Å². The first-order chi connectivity index (χ1) is 8.18. The fourth-order valence-electron chi connectivity index (χ4n) is 1.99. The highest BCUT2D eigenvalue weighted by Gasteiger charge is 2.43. The van der Waals surface area contributed by atoms with Gasteiger partial charge in [0.05, 0.1) is 4.99 Å². The minimum absolute atomic E-state index is 0.120. The predicted octanol–water partition coefficient (Wildman–Crippen LogP) is 1.58. The van der Waals surface area contributed by atoms with Crippen LogP contribution in [0.25, 0.3) is 0 Å². The molecular weight excluding hydrogens is 232 g/mol. The Morgan fingerprint density at radius 1 is 1.41 bits per heavy atom. The van der Waals surface area contributed by atoms with Gasteiger partial charge < -0.3 is 11.1 Å². The molecule has 3 nitrogen and oxygen atoms in total. The number of carbonyl (C=O) groups is 1. The molecule has 1 aromatic carbocycles. The molecule has 0 radical (unpaired) electrons. The van der Waals surface area contributed by atoms with Gasteiger partial charge in [-0.05, 0) is 17.9 Å². The van der Waals surface area contributed by atoms with Crippen molar-refractivity contribution < 1.29 is 4.79 Å². The second-order valence-corrected chi connectivity index (χ2v) is 4.89. The van der Waals surface area contributed by atoms with Gasteiger partial charge in [0.1, 0.15) is 0 Å². The quantitative estimate of drug-likeness (QED) is 0.778. The van der Waals surface area contributed by atoms with Crippen LogP contribution in [0.2, 0.25) is 0 Å². The number of hydrogen-bond donors (Lipinski definition) is 2. The molecule has 3 N–H and O–H groups in total. The summed E-state index contributed by atoms with van der Waals surface area (Å²) in [5.41, 5.74) is 6.62. The highest BCUT2D eigenvalue weighted by molar-refractivity contribution is 7.80. The van der Waals surface area contributed by atoms with Crippen LogP contribution < -0.4 is 11.1 Å². The Labute approximate surface area is 106 Å². The van der Waals surface area contributed by atoms with Crippen LogP contribution in [0.3, 0.4) is 0 Å². The number of amides is 1. The maximum Gasteiger partial charge on any atom is 0.223 e.